The fraction of sp³-hybridized carbons (Fsp3) is 0.267. The molecule has 0 spiro atoms. The Morgan fingerprint density at radius 3 is 3.00 bits per heavy atom. The number of fused-ring (bicyclic) bond motifs is 2. The first-order chi connectivity index (χ1) is 9.29. The van der Waals surface area contributed by atoms with Gasteiger partial charge in [-0.3, -0.25) is 4.98 Å². The van der Waals surface area contributed by atoms with Gasteiger partial charge in [0.15, 0.2) is 0 Å². The molecule has 0 unspecified atom stereocenters. The summed E-state index contributed by atoms with van der Waals surface area (Å²) in [6, 6.07) is 9.63. The van der Waals surface area contributed by atoms with Gasteiger partial charge in [-0.15, -0.1) is 0 Å². The third kappa shape index (κ3) is 2.31. The summed E-state index contributed by atoms with van der Waals surface area (Å²) in [6.45, 7) is 0.845. The molecule has 2 aromatic rings. The molecule has 0 amide bonds. The molecule has 1 aromatic heterocycles. The SMILES string of the molecule is CNC[C@H]1Cc2c(Cl)cccc2Oc2cccnc21. The topological polar surface area (TPSA) is 34.1 Å². The lowest BCUT2D eigenvalue weighted by atomic mass is 9.95. The summed E-state index contributed by atoms with van der Waals surface area (Å²) in [5.74, 6) is 1.92. The van der Waals surface area contributed by atoms with Crippen LogP contribution in [0.3, 0.4) is 0 Å². The average Bonchev–Trinajstić information content (AvgIpc) is 2.57. The van der Waals surface area contributed by atoms with Gasteiger partial charge in [-0.05, 0) is 37.7 Å². The van der Waals surface area contributed by atoms with Gasteiger partial charge in [-0.2, -0.15) is 0 Å². The molecule has 0 bridgehead atoms. The van der Waals surface area contributed by atoms with E-state index in [9.17, 15) is 0 Å². The van der Waals surface area contributed by atoms with Crippen molar-refractivity contribution in [3.05, 3.63) is 52.8 Å². The molecule has 0 saturated heterocycles. The van der Waals surface area contributed by atoms with Crippen molar-refractivity contribution in [3.63, 3.8) is 0 Å². The van der Waals surface area contributed by atoms with Crippen LogP contribution < -0.4 is 10.1 Å². The molecule has 1 N–H and O–H groups in total. The van der Waals surface area contributed by atoms with Crippen LogP contribution in [0, 0.1) is 0 Å². The highest BCUT2D eigenvalue weighted by atomic mass is 35.5. The number of nitrogens with zero attached hydrogens (tertiary/aromatic N) is 1. The molecule has 98 valence electrons. The van der Waals surface area contributed by atoms with E-state index < -0.39 is 0 Å². The first kappa shape index (κ1) is 12.5. The zero-order valence-corrected chi connectivity index (χ0v) is 11.4. The first-order valence-electron chi connectivity index (χ1n) is 6.34. The van der Waals surface area contributed by atoms with Crippen molar-refractivity contribution in [2.75, 3.05) is 13.6 Å². The quantitative estimate of drug-likeness (QED) is 0.911. The fourth-order valence-corrected chi connectivity index (χ4v) is 2.75. The van der Waals surface area contributed by atoms with Gasteiger partial charge in [0.05, 0.1) is 5.69 Å². The maximum absolute atomic E-state index is 6.30. The minimum absolute atomic E-state index is 0.266. The predicted molar refractivity (Wildman–Crippen MR) is 76.1 cm³/mol. The number of hydrogen-bond donors (Lipinski definition) is 1. The van der Waals surface area contributed by atoms with Gasteiger partial charge in [0.1, 0.15) is 11.5 Å². The molecule has 3 nitrogen and oxygen atoms in total. The summed E-state index contributed by atoms with van der Waals surface area (Å²) in [5, 5.41) is 3.97. The lowest BCUT2D eigenvalue weighted by molar-refractivity contribution is 0.474. The van der Waals surface area contributed by atoms with E-state index in [0.717, 1.165) is 40.7 Å². The van der Waals surface area contributed by atoms with E-state index in [0.29, 0.717) is 0 Å². The summed E-state index contributed by atoms with van der Waals surface area (Å²) in [6.07, 6.45) is 2.64. The molecule has 0 saturated carbocycles. The second-order valence-corrected chi connectivity index (χ2v) is 5.07. The number of aromatic nitrogens is 1. The number of rotatable bonds is 2. The molecule has 0 radical (unpaired) electrons. The Morgan fingerprint density at radius 2 is 2.16 bits per heavy atom. The maximum atomic E-state index is 6.30. The van der Waals surface area contributed by atoms with Gasteiger partial charge < -0.3 is 10.1 Å². The molecule has 19 heavy (non-hydrogen) atoms. The number of nitrogens with one attached hydrogen (secondary N) is 1. The van der Waals surface area contributed by atoms with Crippen molar-refractivity contribution in [1.29, 1.82) is 0 Å². The van der Waals surface area contributed by atoms with Crippen LogP contribution in [0.1, 0.15) is 17.2 Å². The Kier molecular flexibility index (Phi) is 3.40. The summed E-state index contributed by atoms with van der Waals surface area (Å²) in [5.41, 5.74) is 2.05. The molecule has 1 aliphatic heterocycles. The second-order valence-electron chi connectivity index (χ2n) is 4.66. The molecule has 1 aliphatic rings. The Morgan fingerprint density at radius 1 is 1.32 bits per heavy atom. The summed E-state index contributed by atoms with van der Waals surface area (Å²) >= 11 is 6.30. The van der Waals surface area contributed by atoms with Crippen LogP contribution in [-0.2, 0) is 6.42 Å². The molecule has 0 aliphatic carbocycles. The minimum Gasteiger partial charge on any atom is -0.455 e. The van der Waals surface area contributed by atoms with Gasteiger partial charge in [-0.1, -0.05) is 17.7 Å². The van der Waals surface area contributed by atoms with E-state index in [1.165, 1.54) is 0 Å². The number of ether oxygens (including phenoxy) is 1. The first-order valence-corrected chi connectivity index (χ1v) is 6.72. The highest BCUT2D eigenvalue weighted by Gasteiger charge is 2.25. The van der Waals surface area contributed by atoms with Gasteiger partial charge >= 0.3 is 0 Å². The monoisotopic (exact) mass is 274 g/mol. The number of likely N-dealkylation sites (N-methyl/N-ethyl adjacent to an activating group) is 1. The van der Waals surface area contributed by atoms with Crippen LogP contribution in [0.2, 0.25) is 5.02 Å². The van der Waals surface area contributed by atoms with Gasteiger partial charge in [0, 0.05) is 29.2 Å². The van der Waals surface area contributed by atoms with Crippen molar-refractivity contribution >= 4 is 11.6 Å². The molecule has 3 rings (SSSR count). The van der Waals surface area contributed by atoms with Crippen LogP contribution in [0.25, 0.3) is 0 Å². The molecular weight excluding hydrogens is 260 g/mol. The van der Waals surface area contributed by atoms with E-state index in [4.69, 9.17) is 16.3 Å². The summed E-state index contributed by atoms with van der Waals surface area (Å²) in [4.78, 5) is 4.48. The predicted octanol–water partition coefficient (Wildman–Crippen LogP) is 3.39. The number of halogens is 1. The van der Waals surface area contributed by atoms with Crippen molar-refractivity contribution in [3.8, 4) is 11.5 Å². The second kappa shape index (κ2) is 5.19. The Bertz CT molecular complexity index is 600. The smallest absolute Gasteiger partial charge is 0.149 e. The van der Waals surface area contributed by atoms with Crippen LogP contribution in [0.4, 0.5) is 0 Å². The highest BCUT2D eigenvalue weighted by Crippen LogP contribution is 2.40. The fourth-order valence-electron chi connectivity index (χ4n) is 2.51. The molecule has 0 fully saturated rings. The van der Waals surface area contributed by atoms with E-state index in [2.05, 4.69) is 10.3 Å². The zero-order chi connectivity index (χ0) is 13.2. The third-order valence-electron chi connectivity index (χ3n) is 3.38. The lowest BCUT2D eigenvalue weighted by Gasteiger charge is -2.14. The molecule has 1 atom stereocenters. The Balaban J connectivity index is 2.12. The standard InChI is InChI=1S/C15H15ClN2O/c1-17-9-10-8-11-12(16)4-2-5-13(11)19-14-6-3-7-18-15(10)14/h2-7,10,17H,8-9H2,1H3/t10-/m1/s1. The summed E-state index contributed by atoms with van der Waals surface area (Å²) in [7, 11) is 1.95. The van der Waals surface area contributed by atoms with Gasteiger partial charge in [-0.25, -0.2) is 0 Å². The van der Waals surface area contributed by atoms with Gasteiger partial charge in [0.25, 0.3) is 0 Å². The van der Waals surface area contributed by atoms with Crippen molar-refractivity contribution in [2.45, 2.75) is 12.3 Å². The maximum Gasteiger partial charge on any atom is 0.149 e. The molecule has 2 heterocycles. The van der Waals surface area contributed by atoms with Crippen LogP contribution in [-0.4, -0.2) is 18.6 Å². The number of hydrogen-bond acceptors (Lipinski definition) is 3. The average molecular weight is 275 g/mol. The van der Waals surface area contributed by atoms with Crippen LogP contribution in [0.15, 0.2) is 36.5 Å². The van der Waals surface area contributed by atoms with Gasteiger partial charge in [0.2, 0.25) is 0 Å². The van der Waals surface area contributed by atoms with E-state index in [1.807, 2.05) is 43.6 Å². The summed E-state index contributed by atoms with van der Waals surface area (Å²) < 4.78 is 5.99. The largest absolute Gasteiger partial charge is 0.455 e. The molecular formula is C15H15ClN2O. The zero-order valence-electron chi connectivity index (χ0n) is 10.7. The van der Waals surface area contributed by atoms with E-state index in [1.54, 1.807) is 0 Å². The molecule has 1 aromatic carbocycles. The van der Waals surface area contributed by atoms with Crippen molar-refractivity contribution in [2.24, 2.45) is 0 Å². The Hall–Kier alpha value is -1.58. The van der Waals surface area contributed by atoms with Crippen molar-refractivity contribution in [1.82, 2.24) is 10.3 Å². The lowest BCUT2D eigenvalue weighted by Crippen LogP contribution is -2.19. The van der Waals surface area contributed by atoms with E-state index >= 15 is 0 Å². The number of benzene rings is 1. The van der Waals surface area contributed by atoms with E-state index in [-0.39, 0.29) is 5.92 Å². The van der Waals surface area contributed by atoms with Crippen molar-refractivity contribution < 1.29 is 4.74 Å². The number of pyridine rings is 1. The third-order valence-corrected chi connectivity index (χ3v) is 3.74. The normalized spacial score (nSPS) is 17.1. The van der Waals surface area contributed by atoms with Crippen LogP contribution in [0.5, 0.6) is 11.5 Å². The highest BCUT2D eigenvalue weighted by molar-refractivity contribution is 6.31. The Labute approximate surface area is 117 Å². The van der Waals surface area contributed by atoms with Crippen LogP contribution >= 0.6 is 11.6 Å². The molecule has 4 heteroatoms. The minimum atomic E-state index is 0.266.